The Labute approximate surface area is 81.2 Å². The highest BCUT2D eigenvalue weighted by molar-refractivity contribution is 4.86. The highest BCUT2D eigenvalue weighted by atomic mass is 16.3. The van der Waals surface area contributed by atoms with Gasteiger partial charge in [-0.3, -0.25) is 4.90 Å². The summed E-state index contributed by atoms with van der Waals surface area (Å²) in [6, 6.07) is 0.576. The van der Waals surface area contributed by atoms with Crippen LogP contribution in [0.25, 0.3) is 0 Å². The Kier molecular flexibility index (Phi) is 4.46. The Bertz CT molecular complexity index is 156. The van der Waals surface area contributed by atoms with Crippen molar-refractivity contribution in [3.63, 3.8) is 0 Å². The molecule has 0 aromatic rings. The van der Waals surface area contributed by atoms with E-state index in [-0.39, 0.29) is 0 Å². The van der Waals surface area contributed by atoms with E-state index in [4.69, 9.17) is 0 Å². The minimum Gasteiger partial charge on any atom is -0.375 e. The smallest absolute Gasteiger partial charge is 0.126 e. The van der Waals surface area contributed by atoms with Crippen molar-refractivity contribution in [1.29, 1.82) is 0 Å². The highest BCUT2D eigenvalue weighted by Gasteiger charge is 2.24. The summed E-state index contributed by atoms with van der Waals surface area (Å²) < 4.78 is 0. The third-order valence-electron chi connectivity index (χ3n) is 2.85. The average Bonchev–Trinajstić information content (AvgIpc) is 2.18. The second-order valence-corrected chi connectivity index (χ2v) is 3.83. The normalized spacial score (nSPS) is 27.1. The minimum atomic E-state index is -0.433. The predicted octanol–water partition coefficient (Wildman–Crippen LogP) is 2.15. The van der Waals surface area contributed by atoms with Crippen molar-refractivity contribution in [3.05, 3.63) is 12.7 Å². The molecule has 76 valence electrons. The van der Waals surface area contributed by atoms with Crippen molar-refractivity contribution in [2.24, 2.45) is 0 Å². The van der Waals surface area contributed by atoms with Gasteiger partial charge in [0.05, 0.1) is 0 Å². The second-order valence-electron chi connectivity index (χ2n) is 3.83. The van der Waals surface area contributed by atoms with E-state index >= 15 is 0 Å². The van der Waals surface area contributed by atoms with Gasteiger partial charge >= 0.3 is 0 Å². The molecule has 2 atom stereocenters. The van der Waals surface area contributed by atoms with Gasteiger partial charge in [0.25, 0.3) is 0 Å². The first-order valence-electron chi connectivity index (χ1n) is 5.36. The minimum absolute atomic E-state index is 0.433. The SMILES string of the molecule is C=CC(O)N1CCCC[C@@H]1CCC. The van der Waals surface area contributed by atoms with Gasteiger partial charge in [-0.25, -0.2) is 0 Å². The fourth-order valence-electron chi connectivity index (χ4n) is 2.15. The van der Waals surface area contributed by atoms with Gasteiger partial charge < -0.3 is 5.11 Å². The van der Waals surface area contributed by atoms with Crippen LogP contribution in [0.1, 0.15) is 39.0 Å². The van der Waals surface area contributed by atoms with Gasteiger partial charge in [0.2, 0.25) is 0 Å². The Balaban J connectivity index is 2.50. The molecule has 0 aromatic carbocycles. The zero-order chi connectivity index (χ0) is 9.68. The number of likely N-dealkylation sites (tertiary alicyclic amines) is 1. The van der Waals surface area contributed by atoms with Crippen LogP contribution in [0.15, 0.2) is 12.7 Å². The third kappa shape index (κ3) is 2.82. The topological polar surface area (TPSA) is 23.5 Å². The number of nitrogens with zero attached hydrogens (tertiary/aromatic N) is 1. The van der Waals surface area contributed by atoms with Crippen molar-refractivity contribution in [2.75, 3.05) is 6.54 Å². The molecule has 1 heterocycles. The lowest BCUT2D eigenvalue weighted by molar-refractivity contribution is -0.0116. The number of rotatable bonds is 4. The highest BCUT2D eigenvalue weighted by Crippen LogP contribution is 2.22. The first kappa shape index (κ1) is 10.7. The molecule has 13 heavy (non-hydrogen) atoms. The zero-order valence-electron chi connectivity index (χ0n) is 8.58. The van der Waals surface area contributed by atoms with Crippen LogP contribution in [0.3, 0.4) is 0 Å². The number of piperidine rings is 1. The number of hydrogen-bond acceptors (Lipinski definition) is 2. The summed E-state index contributed by atoms with van der Waals surface area (Å²) >= 11 is 0. The van der Waals surface area contributed by atoms with E-state index in [0.717, 1.165) is 6.54 Å². The summed E-state index contributed by atoms with van der Waals surface area (Å²) in [6.45, 7) is 6.87. The Morgan fingerprint density at radius 2 is 2.38 bits per heavy atom. The van der Waals surface area contributed by atoms with Crippen molar-refractivity contribution in [3.8, 4) is 0 Å². The second kappa shape index (κ2) is 5.40. The van der Waals surface area contributed by atoms with Gasteiger partial charge in [0.15, 0.2) is 0 Å². The molecule has 0 aromatic heterocycles. The van der Waals surface area contributed by atoms with Crippen molar-refractivity contribution in [1.82, 2.24) is 4.90 Å². The van der Waals surface area contributed by atoms with Crippen LogP contribution >= 0.6 is 0 Å². The first-order valence-corrected chi connectivity index (χ1v) is 5.36. The van der Waals surface area contributed by atoms with E-state index in [2.05, 4.69) is 18.4 Å². The lowest BCUT2D eigenvalue weighted by atomic mass is 9.98. The van der Waals surface area contributed by atoms with Crippen LogP contribution < -0.4 is 0 Å². The summed E-state index contributed by atoms with van der Waals surface area (Å²) in [5, 5.41) is 9.69. The molecule has 2 heteroatoms. The predicted molar refractivity (Wildman–Crippen MR) is 55.5 cm³/mol. The largest absolute Gasteiger partial charge is 0.375 e. The van der Waals surface area contributed by atoms with Crippen molar-refractivity contribution >= 4 is 0 Å². The van der Waals surface area contributed by atoms with Gasteiger partial charge in [0.1, 0.15) is 6.23 Å². The number of aliphatic hydroxyl groups excluding tert-OH is 1. The fraction of sp³-hybridized carbons (Fsp3) is 0.818. The van der Waals surface area contributed by atoms with E-state index in [1.54, 1.807) is 6.08 Å². The molecular formula is C11H21NO. The first-order chi connectivity index (χ1) is 6.29. The lowest BCUT2D eigenvalue weighted by Crippen LogP contribution is -2.45. The maximum Gasteiger partial charge on any atom is 0.126 e. The van der Waals surface area contributed by atoms with Gasteiger partial charge in [-0.15, -0.1) is 0 Å². The van der Waals surface area contributed by atoms with Crippen LogP contribution in [0.2, 0.25) is 0 Å². The van der Waals surface area contributed by atoms with Crippen LogP contribution in [-0.4, -0.2) is 28.8 Å². The van der Waals surface area contributed by atoms with Crippen LogP contribution in [0.5, 0.6) is 0 Å². The van der Waals surface area contributed by atoms with Crippen LogP contribution in [0, 0.1) is 0 Å². The quantitative estimate of drug-likeness (QED) is 0.675. The summed E-state index contributed by atoms with van der Waals surface area (Å²) in [7, 11) is 0. The summed E-state index contributed by atoms with van der Waals surface area (Å²) in [6.07, 6.45) is 7.36. The third-order valence-corrected chi connectivity index (χ3v) is 2.85. The molecule has 1 aliphatic rings. The van der Waals surface area contributed by atoms with E-state index < -0.39 is 6.23 Å². The van der Waals surface area contributed by atoms with E-state index in [0.29, 0.717) is 6.04 Å². The zero-order valence-corrected chi connectivity index (χ0v) is 8.58. The lowest BCUT2D eigenvalue weighted by Gasteiger charge is -2.37. The molecule has 1 rings (SSSR count). The molecule has 1 unspecified atom stereocenters. The van der Waals surface area contributed by atoms with Crippen molar-refractivity contribution in [2.45, 2.75) is 51.3 Å². The molecule has 0 amide bonds. The Morgan fingerprint density at radius 1 is 1.62 bits per heavy atom. The van der Waals surface area contributed by atoms with Crippen molar-refractivity contribution < 1.29 is 5.11 Å². The monoisotopic (exact) mass is 183 g/mol. The van der Waals surface area contributed by atoms with E-state index in [1.165, 1.54) is 32.1 Å². The maximum absolute atomic E-state index is 9.69. The summed E-state index contributed by atoms with van der Waals surface area (Å²) in [4.78, 5) is 2.18. The summed E-state index contributed by atoms with van der Waals surface area (Å²) in [5.74, 6) is 0. The molecule has 0 spiro atoms. The molecule has 0 saturated carbocycles. The van der Waals surface area contributed by atoms with Crippen LogP contribution in [-0.2, 0) is 0 Å². The van der Waals surface area contributed by atoms with Gasteiger partial charge in [-0.1, -0.05) is 26.3 Å². The molecule has 1 fully saturated rings. The van der Waals surface area contributed by atoms with Crippen LogP contribution in [0.4, 0.5) is 0 Å². The molecule has 2 nitrogen and oxygen atoms in total. The Morgan fingerprint density at radius 3 is 3.00 bits per heavy atom. The van der Waals surface area contributed by atoms with E-state index in [1.807, 2.05) is 0 Å². The van der Waals surface area contributed by atoms with Gasteiger partial charge in [-0.2, -0.15) is 0 Å². The molecular weight excluding hydrogens is 162 g/mol. The average molecular weight is 183 g/mol. The standard InChI is InChI=1S/C11H21NO/c1-3-7-10-8-5-6-9-12(10)11(13)4-2/h4,10-11,13H,2-3,5-9H2,1H3/t10-,11?/m0/s1. The molecule has 1 aliphatic heterocycles. The molecule has 1 N–H and O–H groups in total. The molecule has 1 saturated heterocycles. The van der Waals surface area contributed by atoms with E-state index in [9.17, 15) is 5.11 Å². The fourth-order valence-corrected chi connectivity index (χ4v) is 2.15. The Hall–Kier alpha value is -0.340. The molecule has 0 aliphatic carbocycles. The van der Waals surface area contributed by atoms with Gasteiger partial charge in [-0.05, 0) is 25.3 Å². The van der Waals surface area contributed by atoms with Gasteiger partial charge in [0, 0.05) is 12.6 Å². The summed E-state index contributed by atoms with van der Waals surface area (Å²) in [5.41, 5.74) is 0. The number of hydrogen-bond donors (Lipinski definition) is 1. The molecule has 0 radical (unpaired) electrons. The maximum atomic E-state index is 9.69. The number of aliphatic hydroxyl groups is 1. The molecule has 0 bridgehead atoms.